The van der Waals surface area contributed by atoms with Gasteiger partial charge in [0.05, 0.1) is 12.7 Å². The molecule has 3 N–H and O–H groups in total. The topological polar surface area (TPSA) is 55.5 Å². The van der Waals surface area contributed by atoms with Gasteiger partial charge in [-0.2, -0.15) is 0 Å². The Morgan fingerprint density at radius 3 is 3.00 bits per heavy atom. The summed E-state index contributed by atoms with van der Waals surface area (Å²) in [6.45, 7) is 1.88. The molecule has 0 spiro atoms. The number of rotatable bonds is 2. The summed E-state index contributed by atoms with van der Waals surface area (Å²) in [5.74, 6) is 0.277. The summed E-state index contributed by atoms with van der Waals surface area (Å²) >= 11 is 0. The second-order valence-corrected chi connectivity index (χ2v) is 2.78. The number of nitrogens with two attached hydrogens (primary N) is 1. The quantitative estimate of drug-likeness (QED) is 0.562. The first-order chi connectivity index (χ1) is 4.84. The highest BCUT2D eigenvalue weighted by atomic mass is 16.5. The van der Waals surface area contributed by atoms with Crippen LogP contribution in [0.3, 0.4) is 0 Å². The number of hydrogen-bond acceptors (Lipinski definition) is 3. The molecule has 60 valence electrons. The molecule has 0 radical (unpaired) electrons. The zero-order chi connectivity index (χ0) is 7.40. The third-order valence-corrected chi connectivity index (χ3v) is 1.98. The van der Waals surface area contributed by atoms with Gasteiger partial charge in [0.15, 0.2) is 0 Å². The van der Waals surface area contributed by atoms with Crippen LogP contribution in [0.2, 0.25) is 0 Å². The predicted octanol–water partition coefficient (Wildman–Crippen LogP) is -0.267. The second kappa shape index (κ2) is 3.91. The predicted molar refractivity (Wildman–Crippen MR) is 38.6 cm³/mol. The molecule has 10 heavy (non-hydrogen) atoms. The Morgan fingerprint density at radius 1 is 1.70 bits per heavy atom. The van der Waals surface area contributed by atoms with Crippen molar-refractivity contribution in [3.63, 3.8) is 0 Å². The van der Waals surface area contributed by atoms with Gasteiger partial charge in [0.1, 0.15) is 0 Å². The van der Waals surface area contributed by atoms with E-state index in [-0.39, 0.29) is 12.0 Å². The van der Waals surface area contributed by atoms with Gasteiger partial charge in [-0.05, 0) is 12.8 Å². The third-order valence-electron chi connectivity index (χ3n) is 1.98. The van der Waals surface area contributed by atoms with Gasteiger partial charge in [-0.3, -0.25) is 0 Å². The smallest absolute Gasteiger partial charge is 0.0712 e. The summed E-state index contributed by atoms with van der Waals surface area (Å²) in [6, 6.07) is 0. The molecule has 0 aromatic heterocycles. The van der Waals surface area contributed by atoms with Crippen molar-refractivity contribution in [1.82, 2.24) is 0 Å². The van der Waals surface area contributed by atoms with Gasteiger partial charge in [0.2, 0.25) is 0 Å². The Bertz CT molecular complexity index is 91.6. The van der Waals surface area contributed by atoms with Crippen molar-refractivity contribution < 1.29 is 9.84 Å². The van der Waals surface area contributed by atoms with Gasteiger partial charge in [0.25, 0.3) is 0 Å². The molecule has 3 nitrogen and oxygen atoms in total. The van der Waals surface area contributed by atoms with Gasteiger partial charge < -0.3 is 15.6 Å². The van der Waals surface area contributed by atoms with Crippen molar-refractivity contribution in [3.8, 4) is 0 Å². The molecule has 1 aliphatic rings. The third kappa shape index (κ3) is 1.94. The molecule has 0 unspecified atom stereocenters. The van der Waals surface area contributed by atoms with E-state index >= 15 is 0 Å². The van der Waals surface area contributed by atoms with Crippen LogP contribution in [-0.2, 0) is 4.74 Å². The Morgan fingerprint density at radius 2 is 2.50 bits per heavy atom. The lowest BCUT2D eigenvalue weighted by Crippen LogP contribution is -2.34. The number of hydrogen-bond donors (Lipinski definition) is 2. The van der Waals surface area contributed by atoms with E-state index in [1.54, 1.807) is 0 Å². The standard InChI is InChI=1S/C7H15NO2/c8-4-7(9)6-2-1-3-10-5-6/h6-7,9H,1-5,8H2/t6-,7+/m1/s1. The normalized spacial score (nSPS) is 30.0. The fraction of sp³-hybridized carbons (Fsp3) is 1.00. The first-order valence-corrected chi connectivity index (χ1v) is 3.80. The van der Waals surface area contributed by atoms with E-state index in [0.29, 0.717) is 13.2 Å². The van der Waals surface area contributed by atoms with E-state index < -0.39 is 0 Å². The zero-order valence-corrected chi connectivity index (χ0v) is 6.12. The van der Waals surface area contributed by atoms with Crippen LogP contribution in [0.15, 0.2) is 0 Å². The Hall–Kier alpha value is -0.120. The van der Waals surface area contributed by atoms with E-state index in [4.69, 9.17) is 10.5 Å². The molecule has 0 saturated carbocycles. The molecule has 0 aromatic rings. The Kier molecular flexibility index (Phi) is 3.12. The lowest BCUT2D eigenvalue weighted by molar-refractivity contribution is -0.00526. The van der Waals surface area contributed by atoms with E-state index in [1.165, 1.54) is 0 Å². The maximum atomic E-state index is 9.28. The molecular formula is C7H15NO2. The summed E-state index contributed by atoms with van der Waals surface area (Å²) in [6.07, 6.45) is 1.75. The van der Waals surface area contributed by atoms with Crippen LogP contribution in [0.1, 0.15) is 12.8 Å². The minimum absolute atomic E-state index is 0.277. The summed E-state index contributed by atoms with van der Waals surface area (Å²) in [5.41, 5.74) is 5.30. The van der Waals surface area contributed by atoms with Crippen molar-refractivity contribution in [1.29, 1.82) is 0 Å². The Labute approximate surface area is 61.2 Å². The van der Waals surface area contributed by atoms with Gasteiger partial charge in [-0.15, -0.1) is 0 Å². The van der Waals surface area contributed by atoms with Crippen molar-refractivity contribution >= 4 is 0 Å². The fourth-order valence-corrected chi connectivity index (χ4v) is 1.26. The molecular weight excluding hydrogens is 130 g/mol. The van der Waals surface area contributed by atoms with Crippen molar-refractivity contribution in [3.05, 3.63) is 0 Å². The monoisotopic (exact) mass is 145 g/mol. The first-order valence-electron chi connectivity index (χ1n) is 3.80. The lowest BCUT2D eigenvalue weighted by Gasteiger charge is -2.25. The van der Waals surface area contributed by atoms with E-state index in [9.17, 15) is 5.11 Å². The highest BCUT2D eigenvalue weighted by Crippen LogP contribution is 2.16. The summed E-state index contributed by atoms with van der Waals surface area (Å²) in [5, 5.41) is 9.28. The molecule has 0 aromatic carbocycles. The molecule has 1 heterocycles. The lowest BCUT2D eigenvalue weighted by atomic mass is 9.96. The van der Waals surface area contributed by atoms with E-state index in [2.05, 4.69) is 0 Å². The molecule has 1 aliphatic heterocycles. The number of aliphatic hydroxyl groups excluding tert-OH is 1. The zero-order valence-electron chi connectivity index (χ0n) is 6.12. The van der Waals surface area contributed by atoms with Crippen LogP contribution in [0.25, 0.3) is 0 Å². The first kappa shape index (κ1) is 7.98. The molecule has 0 amide bonds. The molecule has 1 saturated heterocycles. The van der Waals surface area contributed by atoms with Gasteiger partial charge >= 0.3 is 0 Å². The summed E-state index contributed by atoms with van der Waals surface area (Å²) < 4.78 is 5.19. The SMILES string of the molecule is NC[C@H](O)[C@@H]1CCCOC1. The maximum Gasteiger partial charge on any atom is 0.0712 e. The van der Waals surface area contributed by atoms with Crippen molar-refractivity contribution in [2.75, 3.05) is 19.8 Å². The minimum Gasteiger partial charge on any atom is -0.391 e. The highest BCUT2D eigenvalue weighted by Gasteiger charge is 2.20. The average molecular weight is 145 g/mol. The molecule has 3 heteroatoms. The molecule has 1 fully saturated rings. The fourth-order valence-electron chi connectivity index (χ4n) is 1.26. The second-order valence-electron chi connectivity index (χ2n) is 2.78. The molecule has 0 bridgehead atoms. The van der Waals surface area contributed by atoms with Gasteiger partial charge in [-0.1, -0.05) is 0 Å². The van der Waals surface area contributed by atoms with Crippen LogP contribution < -0.4 is 5.73 Å². The number of aliphatic hydroxyl groups is 1. The molecule has 2 atom stereocenters. The van der Waals surface area contributed by atoms with Crippen LogP contribution in [0, 0.1) is 5.92 Å². The van der Waals surface area contributed by atoms with Crippen molar-refractivity contribution in [2.24, 2.45) is 11.7 Å². The van der Waals surface area contributed by atoms with Crippen LogP contribution in [0.5, 0.6) is 0 Å². The van der Waals surface area contributed by atoms with Gasteiger partial charge in [-0.25, -0.2) is 0 Å². The maximum absolute atomic E-state index is 9.28. The van der Waals surface area contributed by atoms with Crippen molar-refractivity contribution in [2.45, 2.75) is 18.9 Å². The molecule has 0 aliphatic carbocycles. The molecule has 1 rings (SSSR count). The van der Waals surface area contributed by atoms with Crippen LogP contribution in [-0.4, -0.2) is 31.0 Å². The van der Waals surface area contributed by atoms with E-state index in [0.717, 1.165) is 19.4 Å². The van der Waals surface area contributed by atoms with E-state index in [1.807, 2.05) is 0 Å². The number of ether oxygens (including phenoxy) is 1. The van der Waals surface area contributed by atoms with Crippen LogP contribution >= 0.6 is 0 Å². The highest BCUT2D eigenvalue weighted by molar-refractivity contribution is 4.71. The average Bonchev–Trinajstić information content (AvgIpc) is 2.05. The van der Waals surface area contributed by atoms with Gasteiger partial charge in [0, 0.05) is 19.1 Å². The largest absolute Gasteiger partial charge is 0.391 e. The summed E-state index contributed by atoms with van der Waals surface area (Å²) in [4.78, 5) is 0. The minimum atomic E-state index is -0.361. The summed E-state index contributed by atoms with van der Waals surface area (Å²) in [7, 11) is 0. The Balaban J connectivity index is 2.24. The van der Waals surface area contributed by atoms with Crippen LogP contribution in [0.4, 0.5) is 0 Å².